The minimum absolute atomic E-state index is 0.0715. The van der Waals surface area contributed by atoms with E-state index in [4.69, 9.17) is 0 Å². The van der Waals surface area contributed by atoms with E-state index in [2.05, 4.69) is 20.3 Å². The first kappa shape index (κ1) is 14.8. The zero-order chi connectivity index (χ0) is 16.6. The summed E-state index contributed by atoms with van der Waals surface area (Å²) in [6.45, 7) is 2.98. The van der Waals surface area contributed by atoms with Crippen LogP contribution >= 0.6 is 0 Å². The summed E-state index contributed by atoms with van der Waals surface area (Å²) in [5.74, 6) is -0.560. The number of carbonyl (C=O) groups excluding carboxylic acids is 1. The fourth-order valence-electron chi connectivity index (χ4n) is 2.21. The Morgan fingerprint density at radius 2 is 2.00 bits per heavy atom. The van der Waals surface area contributed by atoms with Crippen molar-refractivity contribution in [3.63, 3.8) is 0 Å². The van der Waals surface area contributed by atoms with Crippen LogP contribution in [0.1, 0.15) is 12.5 Å². The molecule has 3 aromatic rings. The summed E-state index contributed by atoms with van der Waals surface area (Å²) in [6.07, 6.45) is 0. The largest absolute Gasteiger partial charge is 0.296 e. The second kappa shape index (κ2) is 5.60. The van der Waals surface area contributed by atoms with Crippen LogP contribution in [0.25, 0.3) is 22.3 Å². The van der Waals surface area contributed by atoms with Crippen molar-refractivity contribution in [2.75, 3.05) is 5.32 Å². The van der Waals surface area contributed by atoms with Crippen molar-refractivity contribution >= 4 is 22.9 Å². The van der Waals surface area contributed by atoms with E-state index in [1.54, 1.807) is 31.2 Å². The molecule has 2 heterocycles. The molecule has 0 spiro atoms. The summed E-state index contributed by atoms with van der Waals surface area (Å²) in [4.78, 5) is 34.0. The first-order valence-corrected chi connectivity index (χ1v) is 6.89. The minimum atomic E-state index is -0.459. The average molecular weight is 312 g/mol. The first-order valence-electron chi connectivity index (χ1n) is 6.89. The molecule has 1 amide bonds. The molecule has 3 rings (SSSR count). The van der Waals surface area contributed by atoms with Gasteiger partial charge in [0.1, 0.15) is 5.82 Å². The summed E-state index contributed by atoms with van der Waals surface area (Å²) in [7, 11) is 0. The van der Waals surface area contributed by atoms with E-state index in [1.807, 2.05) is 0 Å². The molecular weight excluding hydrogens is 299 g/mol. The molecule has 23 heavy (non-hydrogen) atoms. The monoisotopic (exact) mass is 312 g/mol. The smallest absolute Gasteiger partial charge is 0.278 e. The number of nitrogens with zero attached hydrogens (tertiary/aromatic N) is 2. The number of hydrogen-bond acceptors (Lipinski definition) is 4. The van der Waals surface area contributed by atoms with Gasteiger partial charge in [-0.1, -0.05) is 0 Å². The van der Waals surface area contributed by atoms with E-state index in [0.29, 0.717) is 22.3 Å². The zero-order valence-electron chi connectivity index (χ0n) is 12.5. The number of aromatic nitrogens is 3. The summed E-state index contributed by atoms with van der Waals surface area (Å²) in [5, 5.41) is 2.42. The molecule has 0 radical (unpaired) electrons. The predicted octanol–water partition coefficient (Wildman–Crippen LogP) is 2.39. The normalized spacial score (nSPS) is 10.7. The summed E-state index contributed by atoms with van der Waals surface area (Å²) in [5.41, 5.74) is 1.80. The lowest BCUT2D eigenvalue weighted by molar-refractivity contribution is -0.114. The zero-order valence-corrected chi connectivity index (χ0v) is 12.5. The van der Waals surface area contributed by atoms with Gasteiger partial charge in [0.05, 0.1) is 11.2 Å². The van der Waals surface area contributed by atoms with E-state index in [1.165, 1.54) is 13.0 Å². The van der Waals surface area contributed by atoms with E-state index in [9.17, 15) is 14.0 Å². The SMILES string of the molecule is CC(=O)Nc1nc2ccc(-c3ccc(F)c(C)c3)nc2c(=O)[nH]1. The van der Waals surface area contributed by atoms with Gasteiger partial charge in [-0.2, -0.15) is 0 Å². The number of H-pyrrole nitrogens is 1. The van der Waals surface area contributed by atoms with Gasteiger partial charge in [0.25, 0.3) is 5.56 Å². The van der Waals surface area contributed by atoms with Gasteiger partial charge in [0.15, 0.2) is 5.52 Å². The fraction of sp³-hybridized carbons (Fsp3) is 0.125. The maximum atomic E-state index is 13.4. The van der Waals surface area contributed by atoms with E-state index in [-0.39, 0.29) is 23.2 Å². The Labute approximate surface area is 130 Å². The molecule has 0 bridgehead atoms. The number of anilines is 1. The molecule has 0 aliphatic carbocycles. The highest BCUT2D eigenvalue weighted by atomic mass is 19.1. The molecule has 116 valence electrons. The number of fused-ring (bicyclic) bond motifs is 1. The van der Waals surface area contributed by atoms with Crippen LogP contribution < -0.4 is 10.9 Å². The first-order chi connectivity index (χ1) is 10.9. The van der Waals surface area contributed by atoms with E-state index >= 15 is 0 Å². The Balaban J connectivity index is 2.12. The van der Waals surface area contributed by atoms with Crippen LogP contribution in [0.4, 0.5) is 10.3 Å². The number of hydrogen-bond donors (Lipinski definition) is 2. The number of aryl methyl sites for hydroxylation is 1. The molecule has 0 unspecified atom stereocenters. The van der Waals surface area contributed by atoms with Crippen LogP contribution in [0.3, 0.4) is 0 Å². The van der Waals surface area contributed by atoms with Crippen LogP contribution in [-0.4, -0.2) is 20.9 Å². The molecule has 0 atom stereocenters. The topological polar surface area (TPSA) is 87.7 Å². The summed E-state index contributed by atoms with van der Waals surface area (Å²) in [6, 6.07) is 7.95. The second-order valence-corrected chi connectivity index (χ2v) is 5.12. The molecule has 2 aromatic heterocycles. The third-order valence-electron chi connectivity index (χ3n) is 3.30. The number of amides is 1. The molecule has 6 nitrogen and oxygen atoms in total. The predicted molar refractivity (Wildman–Crippen MR) is 84.6 cm³/mol. The molecular formula is C16H13FN4O2. The molecule has 7 heteroatoms. The van der Waals surface area contributed by atoms with Crippen molar-refractivity contribution in [1.82, 2.24) is 15.0 Å². The van der Waals surface area contributed by atoms with Gasteiger partial charge in [-0.25, -0.2) is 14.4 Å². The lowest BCUT2D eigenvalue weighted by atomic mass is 10.1. The Morgan fingerprint density at radius 3 is 2.70 bits per heavy atom. The number of carbonyl (C=O) groups is 1. The van der Waals surface area contributed by atoms with Crippen molar-refractivity contribution in [3.05, 3.63) is 52.1 Å². The van der Waals surface area contributed by atoms with Gasteiger partial charge in [-0.3, -0.25) is 19.9 Å². The van der Waals surface area contributed by atoms with Gasteiger partial charge in [0, 0.05) is 12.5 Å². The number of benzene rings is 1. The summed E-state index contributed by atoms with van der Waals surface area (Å²) >= 11 is 0. The van der Waals surface area contributed by atoms with Crippen molar-refractivity contribution in [2.24, 2.45) is 0 Å². The lowest BCUT2D eigenvalue weighted by Crippen LogP contribution is -2.16. The fourth-order valence-corrected chi connectivity index (χ4v) is 2.21. The molecule has 0 aliphatic heterocycles. The molecule has 0 fully saturated rings. The van der Waals surface area contributed by atoms with Crippen molar-refractivity contribution in [3.8, 4) is 11.3 Å². The Bertz CT molecular complexity index is 981. The third-order valence-corrected chi connectivity index (χ3v) is 3.30. The van der Waals surface area contributed by atoms with Crippen molar-refractivity contribution < 1.29 is 9.18 Å². The highest BCUT2D eigenvalue weighted by Crippen LogP contribution is 2.21. The minimum Gasteiger partial charge on any atom is -0.296 e. The molecule has 2 N–H and O–H groups in total. The third kappa shape index (κ3) is 2.94. The highest BCUT2D eigenvalue weighted by Gasteiger charge is 2.09. The second-order valence-electron chi connectivity index (χ2n) is 5.12. The van der Waals surface area contributed by atoms with Gasteiger partial charge in [0.2, 0.25) is 11.9 Å². The number of nitrogens with one attached hydrogen (secondary N) is 2. The van der Waals surface area contributed by atoms with Gasteiger partial charge in [-0.15, -0.1) is 0 Å². The Kier molecular flexibility index (Phi) is 3.61. The lowest BCUT2D eigenvalue weighted by Gasteiger charge is -2.06. The van der Waals surface area contributed by atoms with Gasteiger partial charge < -0.3 is 0 Å². The molecule has 0 saturated carbocycles. The number of rotatable bonds is 2. The van der Waals surface area contributed by atoms with Crippen molar-refractivity contribution in [2.45, 2.75) is 13.8 Å². The maximum Gasteiger partial charge on any atom is 0.278 e. The number of halogens is 1. The average Bonchev–Trinajstić information content (AvgIpc) is 2.49. The van der Waals surface area contributed by atoms with Gasteiger partial charge >= 0.3 is 0 Å². The highest BCUT2D eigenvalue weighted by molar-refractivity contribution is 5.88. The Hall–Kier alpha value is -3.09. The molecule has 0 aliphatic rings. The van der Waals surface area contributed by atoms with Crippen LogP contribution in [0.2, 0.25) is 0 Å². The van der Waals surface area contributed by atoms with Crippen LogP contribution in [0.5, 0.6) is 0 Å². The van der Waals surface area contributed by atoms with E-state index in [0.717, 1.165) is 0 Å². The van der Waals surface area contributed by atoms with E-state index < -0.39 is 5.56 Å². The quantitative estimate of drug-likeness (QED) is 0.760. The number of aromatic amines is 1. The Morgan fingerprint density at radius 1 is 1.22 bits per heavy atom. The van der Waals surface area contributed by atoms with Crippen LogP contribution in [0.15, 0.2) is 35.1 Å². The standard InChI is InChI=1S/C16H13FN4O2/c1-8-7-10(3-4-11(8)17)12-5-6-13-14(19-12)15(23)21-16(20-13)18-9(2)22/h3-7H,1-2H3,(H2,18,20,21,22,23). The van der Waals surface area contributed by atoms with Crippen LogP contribution in [0, 0.1) is 12.7 Å². The van der Waals surface area contributed by atoms with Gasteiger partial charge in [-0.05, 0) is 42.8 Å². The molecule has 0 saturated heterocycles. The molecule has 1 aromatic carbocycles. The van der Waals surface area contributed by atoms with Crippen molar-refractivity contribution in [1.29, 1.82) is 0 Å². The number of pyridine rings is 1. The maximum absolute atomic E-state index is 13.4. The summed E-state index contributed by atoms with van der Waals surface area (Å²) < 4.78 is 13.4. The van der Waals surface area contributed by atoms with Crippen LogP contribution in [-0.2, 0) is 4.79 Å².